The van der Waals surface area contributed by atoms with Crippen molar-refractivity contribution in [2.45, 2.75) is 23.6 Å². The van der Waals surface area contributed by atoms with E-state index in [2.05, 4.69) is 12.1 Å². The number of carbonyl (C=O) groups is 1. The second-order valence-electron chi connectivity index (χ2n) is 5.30. The molecule has 3 nitrogen and oxygen atoms in total. The van der Waals surface area contributed by atoms with Crippen LogP contribution in [-0.2, 0) is 5.75 Å². The fourth-order valence-corrected chi connectivity index (χ4v) is 2.86. The first kappa shape index (κ1) is 19.6. The molecule has 2 N–H and O–H groups in total. The zero-order valence-electron chi connectivity index (χ0n) is 13.4. The van der Waals surface area contributed by atoms with Crippen LogP contribution in [0.5, 0.6) is 0 Å². The summed E-state index contributed by atoms with van der Waals surface area (Å²) in [6.07, 6.45) is 0. The summed E-state index contributed by atoms with van der Waals surface area (Å²) in [6, 6.07) is 18.2. The van der Waals surface area contributed by atoms with E-state index in [-0.39, 0.29) is 24.4 Å². The molecule has 0 fully saturated rings. The number of carbonyl (C=O) groups excluding carboxylic acids is 1. The Kier molecular flexibility index (Phi) is 8.17. The molecule has 5 heteroatoms. The lowest BCUT2D eigenvalue weighted by Crippen LogP contribution is -2.39. The molecular weight excluding hydrogens is 328 g/mol. The summed E-state index contributed by atoms with van der Waals surface area (Å²) >= 11 is 1.79. The van der Waals surface area contributed by atoms with Crippen molar-refractivity contribution in [3.05, 3.63) is 65.7 Å². The Morgan fingerprint density at radius 3 is 2.30 bits per heavy atom. The van der Waals surface area contributed by atoms with Gasteiger partial charge in [0, 0.05) is 35.8 Å². The molecule has 2 aromatic carbocycles. The minimum absolute atomic E-state index is 0. The van der Waals surface area contributed by atoms with Crippen LogP contribution in [0.4, 0.5) is 0 Å². The van der Waals surface area contributed by atoms with Gasteiger partial charge in [-0.3, -0.25) is 4.79 Å². The Labute approximate surface area is 148 Å². The van der Waals surface area contributed by atoms with Crippen LogP contribution < -0.4 is 5.73 Å². The third kappa shape index (κ3) is 5.57. The summed E-state index contributed by atoms with van der Waals surface area (Å²) in [5, 5.41) is 0. The van der Waals surface area contributed by atoms with Gasteiger partial charge in [0.15, 0.2) is 0 Å². The summed E-state index contributed by atoms with van der Waals surface area (Å²) in [5.41, 5.74) is 7.52. The van der Waals surface area contributed by atoms with Crippen LogP contribution in [0.1, 0.15) is 22.8 Å². The molecule has 0 saturated heterocycles. The minimum Gasteiger partial charge on any atom is -0.338 e. The molecule has 23 heavy (non-hydrogen) atoms. The van der Waals surface area contributed by atoms with E-state index in [1.54, 1.807) is 23.7 Å². The number of thioether (sulfide) groups is 1. The van der Waals surface area contributed by atoms with Crippen molar-refractivity contribution < 1.29 is 4.79 Å². The molecule has 124 valence electrons. The molecule has 1 amide bonds. The SMILES string of the molecule is CC(CN)N(C)C(=O)c1ccc(CSc2ccccc2)cc1.Cl. The van der Waals surface area contributed by atoms with Gasteiger partial charge in [-0.15, -0.1) is 24.2 Å². The molecule has 0 aliphatic heterocycles. The van der Waals surface area contributed by atoms with E-state index in [1.165, 1.54) is 10.5 Å². The zero-order chi connectivity index (χ0) is 15.9. The van der Waals surface area contributed by atoms with Gasteiger partial charge in [0.1, 0.15) is 0 Å². The van der Waals surface area contributed by atoms with Gasteiger partial charge in [0.05, 0.1) is 0 Å². The number of amides is 1. The first-order valence-electron chi connectivity index (χ1n) is 7.36. The van der Waals surface area contributed by atoms with Crippen LogP contribution in [-0.4, -0.2) is 30.4 Å². The van der Waals surface area contributed by atoms with Crippen molar-refractivity contribution in [3.8, 4) is 0 Å². The molecule has 0 radical (unpaired) electrons. The predicted molar refractivity (Wildman–Crippen MR) is 100 cm³/mol. The van der Waals surface area contributed by atoms with Crippen molar-refractivity contribution in [3.63, 3.8) is 0 Å². The first-order chi connectivity index (χ1) is 10.6. The highest BCUT2D eigenvalue weighted by molar-refractivity contribution is 7.98. The van der Waals surface area contributed by atoms with Crippen LogP contribution >= 0.6 is 24.2 Å². The smallest absolute Gasteiger partial charge is 0.253 e. The predicted octanol–water partition coefficient (Wildman–Crippen LogP) is 3.82. The zero-order valence-corrected chi connectivity index (χ0v) is 15.1. The van der Waals surface area contributed by atoms with Crippen LogP contribution in [0, 0.1) is 0 Å². The van der Waals surface area contributed by atoms with E-state index in [0.717, 1.165) is 5.75 Å². The van der Waals surface area contributed by atoms with Crippen LogP contribution in [0.3, 0.4) is 0 Å². The maximum Gasteiger partial charge on any atom is 0.253 e. The molecule has 1 unspecified atom stereocenters. The average molecular weight is 351 g/mol. The van der Waals surface area contributed by atoms with Crippen molar-refractivity contribution in [2.75, 3.05) is 13.6 Å². The number of rotatable bonds is 6. The summed E-state index contributed by atoms with van der Waals surface area (Å²) in [6.45, 7) is 2.41. The van der Waals surface area contributed by atoms with E-state index in [4.69, 9.17) is 5.73 Å². The van der Waals surface area contributed by atoms with Gasteiger partial charge in [-0.1, -0.05) is 30.3 Å². The van der Waals surface area contributed by atoms with Crippen LogP contribution in [0.2, 0.25) is 0 Å². The lowest BCUT2D eigenvalue weighted by Gasteiger charge is -2.23. The number of halogens is 1. The lowest BCUT2D eigenvalue weighted by molar-refractivity contribution is 0.0748. The minimum atomic E-state index is 0. The van der Waals surface area contributed by atoms with E-state index >= 15 is 0 Å². The summed E-state index contributed by atoms with van der Waals surface area (Å²) in [5.74, 6) is 0.910. The molecule has 0 spiro atoms. The molecule has 2 rings (SSSR count). The topological polar surface area (TPSA) is 46.3 Å². The molecule has 2 aromatic rings. The van der Waals surface area contributed by atoms with Crippen LogP contribution in [0.15, 0.2) is 59.5 Å². The van der Waals surface area contributed by atoms with Crippen molar-refractivity contribution in [1.82, 2.24) is 4.90 Å². The summed E-state index contributed by atoms with van der Waals surface area (Å²) in [7, 11) is 1.79. The maximum absolute atomic E-state index is 12.3. The van der Waals surface area contributed by atoms with Gasteiger partial charge in [0.2, 0.25) is 0 Å². The second kappa shape index (κ2) is 9.60. The van der Waals surface area contributed by atoms with Gasteiger partial charge in [-0.25, -0.2) is 0 Å². The quantitative estimate of drug-likeness (QED) is 0.805. The standard InChI is InChI=1S/C18H22N2OS.ClH/c1-14(12-19)20(2)18(21)16-10-8-15(9-11-16)13-22-17-6-4-3-5-7-17;/h3-11,14H,12-13,19H2,1-2H3;1H. The number of likely N-dealkylation sites (N-methyl/N-ethyl adjacent to an activating group) is 1. The highest BCUT2D eigenvalue weighted by atomic mass is 35.5. The highest BCUT2D eigenvalue weighted by Crippen LogP contribution is 2.22. The monoisotopic (exact) mass is 350 g/mol. The van der Waals surface area contributed by atoms with Crippen LogP contribution in [0.25, 0.3) is 0 Å². The summed E-state index contributed by atoms with van der Waals surface area (Å²) in [4.78, 5) is 15.2. The van der Waals surface area contributed by atoms with E-state index in [0.29, 0.717) is 12.1 Å². The van der Waals surface area contributed by atoms with E-state index < -0.39 is 0 Å². The van der Waals surface area contributed by atoms with Crippen molar-refractivity contribution in [2.24, 2.45) is 5.73 Å². The number of nitrogens with zero attached hydrogens (tertiary/aromatic N) is 1. The third-order valence-corrected chi connectivity index (χ3v) is 4.76. The van der Waals surface area contributed by atoms with E-state index in [9.17, 15) is 4.79 Å². The van der Waals surface area contributed by atoms with Gasteiger partial charge >= 0.3 is 0 Å². The van der Waals surface area contributed by atoms with Gasteiger partial charge in [-0.05, 0) is 36.8 Å². The van der Waals surface area contributed by atoms with E-state index in [1.807, 2.05) is 49.4 Å². The fourth-order valence-electron chi connectivity index (χ4n) is 1.99. The molecular formula is C18H23ClN2OS. The highest BCUT2D eigenvalue weighted by Gasteiger charge is 2.15. The number of hydrogen-bond donors (Lipinski definition) is 1. The maximum atomic E-state index is 12.3. The molecule has 1 atom stereocenters. The Bertz CT molecular complexity index is 604. The van der Waals surface area contributed by atoms with Gasteiger partial charge in [0.25, 0.3) is 5.91 Å². The molecule has 0 aliphatic carbocycles. The first-order valence-corrected chi connectivity index (χ1v) is 8.34. The Morgan fingerprint density at radius 1 is 1.13 bits per heavy atom. The normalized spacial score (nSPS) is 11.4. The lowest BCUT2D eigenvalue weighted by atomic mass is 10.1. The molecule has 0 heterocycles. The molecule has 0 aliphatic rings. The third-order valence-electron chi connectivity index (χ3n) is 3.67. The largest absolute Gasteiger partial charge is 0.338 e. The number of nitrogens with two attached hydrogens (primary N) is 1. The van der Waals surface area contributed by atoms with Crippen molar-refractivity contribution in [1.29, 1.82) is 0 Å². The fraction of sp³-hybridized carbons (Fsp3) is 0.278. The average Bonchev–Trinajstić information content (AvgIpc) is 2.59. The van der Waals surface area contributed by atoms with Crippen molar-refractivity contribution >= 4 is 30.1 Å². The Hall–Kier alpha value is -1.49. The summed E-state index contributed by atoms with van der Waals surface area (Å²) < 4.78 is 0. The Morgan fingerprint density at radius 2 is 1.74 bits per heavy atom. The van der Waals surface area contributed by atoms with Gasteiger partial charge in [-0.2, -0.15) is 0 Å². The molecule has 0 bridgehead atoms. The Balaban J connectivity index is 0.00000264. The molecule has 0 aromatic heterocycles. The molecule has 0 saturated carbocycles. The number of benzene rings is 2. The second-order valence-corrected chi connectivity index (χ2v) is 6.35. The number of hydrogen-bond acceptors (Lipinski definition) is 3. The van der Waals surface area contributed by atoms with Gasteiger partial charge < -0.3 is 10.6 Å².